The Kier molecular flexibility index (Phi) is 5.43. The molecule has 0 aliphatic rings. The molecular weight excluding hydrogens is 266 g/mol. The molecule has 0 amide bonds. The lowest BCUT2D eigenvalue weighted by molar-refractivity contribution is -0.114. The smallest absolute Gasteiger partial charge is 0.200 e. The van der Waals surface area contributed by atoms with Crippen molar-refractivity contribution in [1.82, 2.24) is 0 Å². The molecule has 1 aromatic rings. The van der Waals surface area contributed by atoms with Crippen LogP contribution in [-0.2, 0) is 16.0 Å². The van der Waals surface area contributed by atoms with Gasteiger partial charge in [-0.25, -0.2) is 4.39 Å². The van der Waals surface area contributed by atoms with Gasteiger partial charge in [-0.3, -0.25) is 4.79 Å². The van der Waals surface area contributed by atoms with Crippen molar-refractivity contribution in [2.75, 3.05) is 14.2 Å². The molecule has 0 N–H and O–H groups in total. The van der Waals surface area contributed by atoms with Gasteiger partial charge in [0.25, 0.3) is 0 Å². The van der Waals surface area contributed by atoms with E-state index in [0.717, 1.165) is 6.07 Å². The van der Waals surface area contributed by atoms with E-state index >= 15 is 0 Å². The van der Waals surface area contributed by atoms with Crippen LogP contribution in [0.5, 0.6) is 5.75 Å². The molecule has 0 fully saturated rings. The lowest BCUT2D eigenvalue weighted by atomic mass is 10.0. The summed E-state index contributed by atoms with van der Waals surface area (Å²) in [6.07, 6.45) is 1.42. The van der Waals surface area contributed by atoms with E-state index < -0.39 is 11.6 Å². The summed E-state index contributed by atoms with van der Waals surface area (Å²) in [7, 11) is 2.67. The highest BCUT2D eigenvalue weighted by Gasteiger charge is 2.14. The van der Waals surface area contributed by atoms with Gasteiger partial charge in [0.1, 0.15) is 5.76 Å². The van der Waals surface area contributed by atoms with Gasteiger partial charge in [-0.1, -0.05) is 6.58 Å². The molecule has 0 radical (unpaired) electrons. The fourth-order valence-corrected chi connectivity index (χ4v) is 1.57. The van der Waals surface area contributed by atoms with E-state index in [9.17, 15) is 13.6 Å². The molecule has 3 nitrogen and oxygen atoms in total. The number of benzene rings is 1. The Morgan fingerprint density at radius 1 is 1.35 bits per heavy atom. The highest BCUT2D eigenvalue weighted by Crippen LogP contribution is 2.22. The molecule has 0 spiro atoms. The van der Waals surface area contributed by atoms with Crippen molar-refractivity contribution < 1.29 is 23.0 Å². The van der Waals surface area contributed by atoms with Crippen LogP contribution in [0, 0.1) is 11.6 Å². The van der Waals surface area contributed by atoms with Crippen LogP contribution < -0.4 is 4.74 Å². The molecule has 0 unspecified atom stereocenters. The standard InChI is InChI=1S/C15H16F2O3/c1-9(5-10(2)19-3)13(18)7-11-6-12(16)15(17)14(8-11)20-4/h5-6,8H,2,7H2,1,3-4H3. The van der Waals surface area contributed by atoms with Crippen LogP contribution in [0.2, 0.25) is 0 Å². The molecule has 0 aliphatic carbocycles. The largest absolute Gasteiger partial charge is 0.497 e. The van der Waals surface area contributed by atoms with E-state index in [4.69, 9.17) is 9.47 Å². The first-order valence-electron chi connectivity index (χ1n) is 5.85. The Labute approximate surface area is 116 Å². The zero-order valence-electron chi connectivity index (χ0n) is 11.6. The average molecular weight is 282 g/mol. The molecule has 1 rings (SSSR count). The summed E-state index contributed by atoms with van der Waals surface area (Å²) in [6.45, 7) is 5.18. The minimum absolute atomic E-state index is 0.0626. The maximum absolute atomic E-state index is 13.3. The first kappa shape index (κ1) is 15.9. The molecule has 1 aromatic carbocycles. The molecule has 0 heterocycles. The third-order valence-electron chi connectivity index (χ3n) is 2.72. The van der Waals surface area contributed by atoms with Crippen LogP contribution in [0.25, 0.3) is 0 Å². The van der Waals surface area contributed by atoms with E-state index in [-0.39, 0.29) is 18.0 Å². The Hall–Kier alpha value is -2.17. The van der Waals surface area contributed by atoms with E-state index in [2.05, 4.69) is 6.58 Å². The van der Waals surface area contributed by atoms with Gasteiger partial charge in [0.05, 0.1) is 14.2 Å². The summed E-state index contributed by atoms with van der Waals surface area (Å²) in [5, 5.41) is 0. The van der Waals surface area contributed by atoms with E-state index in [1.807, 2.05) is 0 Å². The number of methoxy groups -OCH3 is 2. The predicted octanol–water partition coefficient (Wildman–Crippen LogP) is 3.19. The average Bonchev–Trinajstić information content (AvgIpc) is 2.42. The monoisotopic (exact) mass is 282 g/mol. The van der Waals surface area contributed by atoms with Crippen molar-refractivity contribution in [1.29, 1.82) is 0 Å². The summed E-state index contributed by atoms with van der Waals surface area (Å²) in [5.74, 6) is -2.23. The van der Waals surface area contributed by atoms with Crippen LogP contribution in [0.4, 0.5) is 8.78 Å². The van der Waals surface area contributed by atoms with Crippen LogP contribution in [-0.4, -0.2) is 20.0 Å². The van der Waals surface area contributed by atoms with Gasteiger partial charge < -0.3 is 9.47 Å². The van der Waals surface area contributed by atoms with Gasteiger partial charge in [0.2, 0.25) is 5.82 Å². The topological polar surface area (TPSA) is 35.5 Å². The fraction of sp³-hybridized carbons (Fsp3) is 0.267. The maximum atomic E-state index is 13.3. The number of Topliss-reactive ketones (excluding diaryl/α,β-unsaturated/α-hetero) is 1. The summed E-state index contributed by atoms with van der Waals surface area (Å²) < 4.78 is 36.2. The highest BCUT2D eigenvalue weighted by atomic mass is 19.2. The highest BCUT2D eigenvalue weighted by molar-refractivity contribution is 5.96. The van der Waals surface area contributed by atoms with Crippen LogP contribution in [0.1, 0.15) is 12.5 Å². The zero-order chi connectivity index (χ0) is 15.3. The van der Waals surface area contributed by atoms with Crippen LogP contribution >= 0.6 is 0 Å². The van der Waals surface area contributed by atoms with Gasteiger partial charge in [0.15, 0.2) is 17.3 Å². The van der Waals surface area contributed by atoms with Gasteiger partial charge in [0, 0.05) is 6.42 Å². The molecule has 0 saturated carbocycles. The minimum Gasteiger partial charge on any atom is -0.497 e. The normalized spacial score (nSPS) is 11.2. The molecule has 20 heavy (non-hydrogen) atoms. The van der Waals surface area contributed by atoms with Gasteiger partial charge in [-0.05, 0) is 36.3 Å². The van der Waals surface area contributed by atoms with Gasteiger partial charge in [-0.2, -0.15) is 4.39 Å². The number of hydrogen-bond acceptors (Lipinski definition) is 3. The van der Waals surface area contributed by atoms with Gasteiger partial charge in [-0.15, -0.1) is 0 Å². The molecule has 0 aliphatic heterocycles. The Morgan fingerprint density at radius 2 is 2.00 bits per heavy atom. The number of carbonyl (C=O) groups excluding carboxylic acids is 1. The number of halogens is 2. The number of ether oxygens (including phenoxy) is 2. The van der Waals surface area contributed by atoms with Gasteiger partial charge >= 0.3 is 0 Å². The lowest BCUT2D eigenvalue weighted by Gasteiger charge is -2.07. The first-order chi connectivity index (χ1) is 9.38. The first-order valence-corrected chi connectivity index (χ1v) is 5.85. The summed E-state index contributed by atoms with van der Waals surface area (Å²) in [6, 6.07) is 2.28. The van der Waals surface area contributed by atoms with E-state index in [1.54, 1.807) is 6.92 Å². The second-order valence-corrected chi connectivity index (χ2v) is 4.19. The third kappa shape index (κ3) is 3.91. The molecule has 0 saturated heterocycles. The van der Waals surface area contributed by atoms with Crippen LogP contribution in [0.15, 0.2) is 36.1 Å². The number of allylic oxidation sites excluding steroid dienone is 2. The van der Waals surface area contributed by atoms with Crippen molar-refractivity contribution >= 4 is 5.78 Å². The molecule has 0 aromatic heterocycles. The fourth-order valence-electron chi connectivity index (χ4n) is 1.57. The number of carbonyl (C=O) groups is 1. The van der Waals surface area contributed by atoms with Crippen molar-refractivity contribution in [3.05, 3.63) is 53.3 Å². The second-order valence-electron chi connectivity index (χ2n) is 4.19. The third-order valence-corrected chi connectivity index (χ3v) is 2.72. The quantitative estimate of drug-likeness (QED) is 0.456. The number of ketones is 1. The molecule has 0 bridgehead atoms. The second kappa shape index (κ2) is 6.84. The van der Waals surface area contributed by atoms with E-state index in [1.165, 1.54) is 26.4 Å². The Morgan fingerprint density at radius 3 is 2.55 bits per heavy atom. The molecular formula is C15H16F2O3. The Balaban J connectivity index is 2.94. The molecule has 0 atom stereocenters. The van der Waals surface area contributed by atoms with Crippen molar-refractivity contribution in [2.45, 2.75) is 13.3 Å². The van der Waals surface area contributed by atoms with Crippen molar-refractivity contribution in [2.24, 2.45) is 0 Å². The summed E-state index contributed by atoms with van der Waals surface area (Å²) >= 11 is 0. The zero-order valence-corrected chi connectivity index (χ0v) is 11.6. The van der Waals surface area contributed by atoms with E-state index in [0.29, 0.717) is 16.9 Å². The summed E-state index contributed by atoms with van der Waals surface area (Å²) in [4.78, 5) is 11.9. The lowest BCUT2D eigenvalue weighted by Crippen LogP contribution is -2.06. The molecule has 5 heteroatoms. The van der Waals surface area contributed by atoms with Crippen molar-refractivity contribution in [3.63, 3.8) is 0 Å². The number of hydrogen-bond donors (Lipinski definition) is 0. The SMILES string of the molecule is C=C(C=C(C)C(=O)Cc1cc(F)c(F)c(OC)c1)OC. The predicted molar refractivity (Wildman–Crippen MR) is 71.5 cm³/mol. The Bertz CT molecular complexity index is 562. The minimum atomic E-state index is -1.07. The number of rotatable bonds is 6. The summed E-state index contributed by atoms with van der Waals surface area (Å²) in [5.41, 5.74) is 0.752. The van der Waals surface area contributed by atoms with Crippen LogP contribution in [0.3, 0.4) is 0 Å². The van der Waals surface area contributed by atoms with Crippen molar-refractivity contribution in [3.8, 4) is 5.75 Å². The maximum Gasteiger partial charge on any atom is 0.200 e. The molecule has 108 valence electrons.